The summed E-state index contributed by atoms with van der Waals surface area (Å²) >= 11 is 0. The van der Waals surface area contributed by atoms with Crippen LogP contribution >= 0.6 is 0 Å². The highest BCUT2D eigenvalue weighted by atomic mass is 15.4. The lowest BCUT2D eigenvalue weighted by Crippen LogP contribution is -2.57. The van der Waals surface area contributed by atoms with Crippen molar-refractivity contribution in [3.8, 4) is 0 Å². The first-order valence-corrected chi connectivity index (χ1v) is 6.69. The molecule has 3 rings (SSSR count). The molecule has 2 fully saturated rings. The van der Waals surface area contributed by atoms with Crippen molar-refractivity contribution in [2.24, 2.45) is 11.8 Å². The molecule has 1 aromatic rings. The largest absolute Gasteiger partial charge is 0.340 e. The van der Waals surface area contributed by atoms with Gasteiger partial charge in [0, 0.05) is 43.0 Å². The zero-order valence-electron chi connectivity index (χ0n) is 11.3. The Morgan fingerprint density at radius 2 is 1.89 bits per heavy atom. The molecule has 2 N–H and O–H groups in total. The highest BCUT2D eigenvalue weighted by Crippen LogP contribution is 2.28. The van der Waals surface area contributed by atoms with Crippen LogP contribution in [0, 0.1) is 25.7 Å². The number of aromatic nitrogens is 2. The molecule has 2 saturated heterocycles. The van der Waals surface area contributed by atoms with Crippen LogP contribution in [0.3, 0.4) is 0 Å². The van der Waals surface area contributed by atoms with Crippen molar-refractivity contribution in [1.29, 1.82) is 0 Å². The minimum absolute atomic E-state index is 0.590. The zero-order chi connectivity index (χ0) is 12.7. The number of hydrogen-bond donors (Lipinski definition) is 2. The molecule has 0 saturated carbocycles. The molecular weight excluding hydrogens is 226 g/mol. The summed E-state index contributed by atoms with van der Waals surface area (Å²) in [5, 5.41) is 0. The van der Waals surface area contributed by atoms with E-state index in [1.807, 2.05) is 19.9 Å². The Bertz CT molecular complexity index is 421. The second-order valence-electron chi connectivity index (χ2n) is 5.64. The molecule has 0 spiro atoms. The maximum atomic E-state index is 4.51. The number of aryl methyl sites for hydroxylation is 2. The Kier molecular flexibility index (Phi) is 2.95. The Hall–Kier alpha value is -1.20. The lowest BCUT2D eigenvalue weighted by molar-refractivity contribution is 0.272. The van der Waals surface area contributed by atoms with Gasteiger partial charge in [-0.25, -0.2) is 9.97 Å². The van der Waals surface area contributed by atoms with Gasteiger partial charge < -0.3 is 4.90 Å². The van der Waals surface area contributed by atoms with Gasteiger partial charge in [0.1, 0.15) is 0 Å². The smallest absolute Gasteiger partial charge is 0.225 e. The monoisotopic (exact) mass is 247 g/mol. The van der Waals surface area contributed by atoms with Gasteiger partial charge in [0.25, 0.3) is 0 Å². The van der Waals surface area contributed by atoms with E-state index in [2.05, 4.69) is 32.6 Å². The van der Waals surface area contributed by atoms with Crippen molar-refractivity contribution in [2.45, 2.75) is 26.8 Å². The van der Waals surface area contributed by atoms with E-state index in [1.165, 1.54) is 0 Å². The third kappa shape index (κ3) is 2.08. The third-order valence-corrected chi connectivity index (χ3v) is 3.98. The molecule has 0 aliphatic carbocycles. The van der Waals surface area contributed by atoms with E-state index in [-0.39, 0.29) is 0 Å². The van der Waals surface area contributed by atoms with Gasteiger partial charge in [0.05, 0.1) is 0 Å². The van der Waals surface area contributed by atoms with Gasteiger partial charge in [-0.3, -0.25) is 10.9 Å². The molecule has 0 amide bonds. The Labute approximate surface area is 108 Å². The van der Waals surface area contributed by atoms with Crippen LogP contribution < -0.4 is 15.8 Å². The van der Waals surface area contributed by atoms with E-state index in [9.17, 15) is 0 Å². The molecule has 2 atom stereocenters. The van der Waals surface area contributed by atoms with Gasteiger partial charge in [0.2, 0.25) is 5.95 Å². The van der Waals surface area contributed by atoms with Crippen LogP contribution in [0.2, 0.25) is 0 Å². The molecule has 5 nitrogen and oxygen atoms in total. The summed E-state index contributed by atoms with van der Waals surface area (Å²) in [4.78, 5) is 11.3. The average Bonchev–Trinajstić information content (AvgIpc) is 2.61. The maximum Gasteiger partial charge on any atom is 0.225 e. The molecule has 1 aromatic heterocycles. The lowest BCUT2D eigenvalue weighted by Gasteiger charge is -2.43. The third-order valence-electron chi connectivity index (χ3n) is 3.98. The van der Waals surface area contributed by atoms with E-state index in [4.69, 9.17) is 0 Å². The molecule has 0 radical (unpaired) electrons. The van der Waals surface area contributed by atoms with Crippen molar-refractivity contribution >= 4 is 5.95 Å². The average molecular weight is 247 g/mol. The number of anilines is 1. The van der Waals surface area contributed by atoms with E-state index in [0.717, 1.165) is 37.0 Å². The van der Waals surface area contributed by atoms with Crippen molar-refractivity contribution in [3.05, 3.63) is 17.5 Å². The van der Waals surface area contributed by atoms with Crippen LogP contribution in [0.1, 0.15) is 18.3 Å². The van der Waals surface area contributed by atoms with Gasteiger partial charge in [-0.1, -0.05) is 6.92 Å². The van der Waals surface area contributed by atoms with Gasteiger partial charge >= 0.3 is 0 Å². The second-order valence-corrected chi connectivity index (χ2v) is 5.64. The van der Waals surface area contributed by atoms with Gasteiger partial charge in [-0.2, -0.15) is 0 Å². The second kappa shape index (κ2) is 4.48. The predicted octanol–water partition coefficient (Wildman–Crippen LogP) is 0.642. The van der Waals surface area contributed by atoms with E-state index in [1.54, 1.807) is 0 Å². The van der Waals surface area contributed by atoms with Crippen LogP contribution in [-0.4, -0.2) is 35.6 Å². The van der Waals surface area contributed by atoms with Crippen LogP contribution in [0.4, 0.5) is 5.95 Å². The maximum absolute atomic E-state index is 4.51. The van der Waals surface area contributed by atoms with Crippen LogP contribution in [-0.2, 0) is 0 Å². The minimum Gasteiger partial charge on any atom is -0.340 e. The molecule has 0 aromatic carbocycles. The summed E-state index contributed by atoms with van der Waals surface area (Å²) < 4.78 is 0. The normalized spacial score (nSPS) is 28.5. The first kappa shape index (κ1) is 11.9. The molecule has 2 aliphatic rings. The molecule has 3 heterocycles. The van der Waals surface area contributed by atoms with Gasteiger partial charge in [-0.15, -0.1) is 0 Å². The predicted molar refractivity (Wildman–Crippen MR) is 71.3 cm³/mol. The molecule has 0 bridgehead atoms. The molecule has 2 unspecified atom stereocenters. The Morgan fingerprint density at radius 1 is 1.22 bits per heavy atom. The summed E-state index contributed by atoms with van der Waals surface area (Å²) in [6.07, 6.45) is 0. The summed E-state index contributed by atoms with van der Waals surface area (Å²) in [7, 11) is 0. The Balaban J connectivity index is 1.64. The quantitative estimate of drug-likeness (QED) is 0.803. The van der Waals surface area contributed by atoms with E-state index in [0.29, 0.717) is 17.9 Å². The Morgan fingerprint density at radius 3 is 2.44 bits per heavy atom. The molecule has 2 aliphatic heterocycles. The van der Waals surface area contributed by atoms with Crippen molar-refractivity contribution in [3.63, 3.8) is 0 Å². The minimum atomic E-state index is 0.590. The fourth-order valence-corrected chi connectivity index (χ4v) is 2.94. The van der Waals surface area contributed by atoms with Crippen molar-refractivity contribution in [1.82, 2.24) is 20.8 Å². The van der Waals surface area contributed by atoms with Crippen molar-refractivity contribution < 1.29 is 0 Å². The number of rotatable bonds is 2. The SMILES string of the molecule is Cc1cc(C)nc(N2CC(C3NNCC3C)C2)n1. The van der Waals surface area contributed by atoms with Crippen LogP contribution in [0.25, 0.3) is 0 Å². The topological polar surface area (TPSA) is 53.1 Å². The fourth-order valence-electron chi connectivity index (χ4n) is 2.94. The molecule has 18 heavy (non-hydrogen) atoms. The zero-order valence-corrected chi connectivity index (χ0v) is 11.3. The first-order chi connectivity index (χ1) is 8.63. The van der Waals surface area contributed by atoms with Gasteiger partial charge in [-0.05, 0) is 25.8 Å². The first-order valence-electron chi connectivity index (χ1n) is 6.69. The molecule has 98 valence electrons. The van der Waals surface area contributed by atoms with E-state index < -0.39 is 0 Å². The standard InChI is InChI=1S/C13H21N5/c1-8-5-14-17-12(8)11-6-18(7-11)13-15-9(2)4-10(3)16-13/h4,8,11-12,14,17H,5-7H2,1-3H3. The van der Waals surface area contributed by atoms with Crippen LogP contribution in [0.5, 0.6) is 0 Å². The van der Waals surface area contributed by atoms with Gasteiger partial charge in [0.15, 0.2) is 0 Å². The summed E-state index contributed by atoms with van der Waals surface area (Å²) in [5.41, 5.74) is 8.73. The molecular formula is C13H21N5. The summed E-state index contributed by atoms with van der Waals surface area (Å²) in [6.45, 7) is 9.55. The number of hydrogen-bond acceptors (Lipinski definition) is 5. The highest BCUT2D eigenvalue weighted by molar-refractivity contribution is 5.36. The summed E-state index contributed by atoms with van der Waals surface area (Å²) in [6, 6.07) is 2.61. The number of nitrogens with zero attached hydrogens (tertiary/aromatic N) is 3. The van der Waals surface area contributed by atoms with Crippen molar-refractivity contribution in [2.75, 3.05) is 24.5 Å². The lowest BCUT2D eigenvalue weighted by atomic mass is 9.85. The summed E-state index contributed by atoms with van der Waals surface area (Å²) in [5.74, 6) is 2.30. The number of hydrazine groups is 1. The van der Waals surface area contributed by atoms with Crippen LogP contribution in [0.15, 0.2) is 6.07 Å². The number of nitrogens with one attached hydrogen (secondary N) is 2. The fraction of sp³-hybridized carbons (Fsp3) is 0.692. The van der Waals surface area contributed by atoms with E-state index >= 15 is 0 Å². The molecule has 5 heteroatoms. The highest BCUT2D eigenvalue weighted by Gasteiger charge is 2.39.